The summed E-state index contributed by atoms with van der Waals surface area (Å²) in [6.45, 7) is 2.11. The molecule has 2 unspecified atom stereocenters. The van der Waals surface area contributed by atoms with Gasteiger partial charge in [0.15, 0.2) is 0 Å². The molecule has 3 rings (SSSR count). The number of hydrogen-bond donors (Lipinski definition) is 0. The molecular formula is C14H16O2. The van der Waals surface area contributed by atoms with E-state index in [-0.39, 0.29) is 5.60 Å². The zero-order valence-corrected chi connectivity index (χ0v) is 9.53. The van der Waals surface area contributed by atoms with Gasteiger partial charge in [-0.2, -0.15) is 0 Å². The molecule has 0 amide bonds. The predicted octanol–water partition coefficient (Wildman–Crippen LogP) is 3.06. The molecule has 2 aliphatic rings. The number of hydrogen-bond acceptors (Lipinski definition) is 2. The van der Waals surface area contributed by atoms with Crippen LogP contribution in [0, 0.1) is 0 Å². The second-order valence-electron chi connectivity index (χ2n) is 5.00. The van der Waals surface area contributed by atoms with Crippen molar-refractivity contribution >= 4 is 5.78 Å². The summed E-state index contributed by atoms with van der Waals surface area (Å²) in [5, 5.41) is 0. The summed E-state index contributed by atoms with van der Waals surface area (Å²) in [6, 6.07) is 8.16. The highest BCUT2D eigenvalue weighted by molar-refractivity contribution is 5.82. The van der Waals surface area contributed by atoms with Crippen LogP contribution in [-0.4, -0.2) is 11.4 Å². The molecule has 2 heteroatoms. The number of benzene rings is 1. The molecule has 1 aromatic rings. The standard InChI is InChI=1S/C14H16O2/c1-2-14-8-10(7-11(15)9-14)12-5-3-4-6-13(12)16-14/h3-6,10H,2,7-9H2,1H3. The topological polar surface area (TPSA) is 26.3 Å². The van der Waals surface area contributed by atoms with E-state index in [0.29, 0.717) is 24.5 Å². The van der Waals surface area contributed by atoms with E-state index in [0.717, 1.165) is 18.6 Å². The highest BCUT2D eigenvalue weighted by atomic mass is 16.5. The van der Waals surface area contributed by atoms with Crippen LogP contribution in [0.3, 0.4) is 0 Å². The van der Waals surface area contributed by atoms with Crippen LogP contribution in [0.4, 0.5) is 0 Å². The van der Waals surface area contributed by atoms with E-state index in [9.17, 15) is 4.79 Å². The van der Waals surface area contributed by atoms with Crippen LogP contribution < -0.4 is 4.74 Å². The molecule has 16 heavy (non-hydrogen) atoms. The minimum Gasteiger partial charge on any atom is -0.487 e. The number of Topliss-reactive ketones (excluding diaryl/α,β-unsaturated/α-hetero) is 1. The Bertz CT molecular complexity index is 438. The van der Waals surface area contributed by atoms with Gasteiger partial charge in [-0.3, -0.25) is 4.79 Å². The summed E-state index contributed by atoms with van der Waals surface area (Å²) in [6.07, 6.45) is 3.21. The Morgan fingerprint density at radius 2 is 2.25 bits per heavy atom. The maximum Gasteiger partial charge on any atom is 0.137 e. The first-order valence-electron chi connectivity index (χ1n) is 6.02. The number of carbonyl (C=O) groups is 1. The van der Waals surface area contributed by atoms with Crippen LogP contribution in [0.15, 0.2) is 24.3 Å². The van der Waals surface area contributed by atoms with Gasteiger partial charge in [-0.1, -0.05) is 25.1 Å². The average molecular weight is 216 g/mol. The Kier molecular flexibility index (Phi) is 2.06. The maximum atomic E-state index is 11.8. The van der Waals surface area contributed by atoms with Crippen molar-refractivity contribution in [3.63, 3.8) is 0 Å². The number of carbonyl (C=O) groups excluding carboxylic acids is 1. The Labute approximate surface area is 95.6 Å². The van der Waals surface area contributed by atoms with E-state index in [1.165, 1.54) is 5.56 Å². The lowest BCUT2D eigenvalue weighted by Gasteiger charge is -2.45. The van der Waals surface area contributed by atoms with Crippen LogP contribution in [-0.2, 0) is 4.79 Å². The van der Waals surface area contributed by atoms with Crippen molar-refractivity contribution in [2.75, 3.05) is 0 Å². The van der Waals surface area contributed by atoms with Gasteiger partial charge >= 0.3 is 0 Å². The van der Waals surface area contributed by atoms with E-state index in [4.69, 9.17) is 4.74 Å². The lowest BCUT2D eigenvalue weighted by atomic mass is 9.71. The van der Waals surface area contributed by atoms with Gasteiger partial charge in [0.1, 0.15) is 17.1 Å². The molecule has 1 aliphatic carbocycles. The summed E-state index contributed by atoms with van der Waals surface area (Å²) < 4.78 is 6.09. The first kappa shape index (κ1) is 9.88. The summed E-state index contributed by atoms with van der Waals surface area (Å²) in [5.74, 6) is 1.73. The fourth-order valence-corrected chi connectivity index (χ4v) is 3.08. The first-order chi connectivity index (χ1) is 7.72. The number of ketones is 1. The molecule has 1 heterocycles. The Balaban J connectivity index is 2.08. The lowest BCUT2D eigenvalue weighted by Crippen LogP contribution is -2.46. The highest BCUT2D eigenvalue weighted by Crippen LogP contribution is 2.48. The third-order valence-electron chi connectivity index (χ3n) is 3.94. The zero-order chi connectivity index (χ0) is 11.2. The van der Waals surface area contributed by atoms with Crippen LogP contribution in [0.25, 0.3) is 0 Å². The summed E-state index contributed by atoms with van der Waals surface area (Å²) in [4.78, 5) is 11.8. The molecule has 0 radical (unpaired) electrons. The third-order valence-corrected chi connectivity index (χ3v) is 3.94. The average Bonchev–Trinajstić information content (AvgIpc) is 2.28. The molecule has 2 nitrogen and oxygen atoms in total. The molecule has 2 atom stereocenters. The quantitative estimate of drug-likeness (QED) is 0.721. The third kappa shape index (κ3) is 1.36. The molecule has 0 spiro atoms. The van der Waals surface area contributed by atoms with E-state index >= 15 is 0 Å². The smallest absolute Gasteiger partial charge is 0.137 e. The molecule has 1 fully saturated rings. The van der Waals surface area contributed by atoms with Crippen molar-refractivity contribution in [1.82, 2.24) is 0 Å². The van der Waals surface area contributed by atoms with Gasteiger partial charge in [0.25, 0.3) is 0 Å². The monoisotopic (exact) mass is 216 g/mol. The molecule has 0 saturated heterocycles. The summed E-state index contributed by atoms with van der Waals surface area (Å²) in [7, 11) is 0. The summed E-state index contributed by atoms with van der Waals surface area (Å²) in [5.41, 5.74) is 1.01. The molecule has 0 N–H and O–H groups in total. The van der Waals surface area contributed by atoms with Crippen molar-refractivity contribution in [2.45, 2.75) is 44.1 Å². The normalized spacial score (nSPS) is 31.8. The molecule has 0 aromatic heterocycles. The SMILES string of the molecule is CCC12CC(=O)CC(C1)c1ccccc1O2. The second-order valence-corrected chi connectivity index (χ2v) is 5.00. The summed E-state index contributed by atoms with van der Waals surface area (Å²) >= 11 is 0. The van der Waals surface area contributed by atoms with Crippen molar-refractivity contribution in [2.24, 2.45) is 0 Å². The van der Waals surface area contributed by atoms with E-state index in [2.05, 4.69) is 13.0 Å². The van der Waals surface area contributed by atoms with Crippen molar-refractivity contribution in [3.05, 3.63) is 29.8 Å². The Morgan fingerprint density at radius 3 is 3.06 bits per heavy atom. The van der Waals surface area contributed by atoms with Crippen molar-refractivity contribution in [3.8, 4) is 5.75 Å². The van der Waals surface area contributed by atoms with Gasteiger partial charge in [-0.05, 0) is 30.4 Å². The van der Waals surface area contributed by atoms with Crippen LogP contribution >= 0.6 is 0 Å². The van der Waals surface area contributed by atoms with Crippen LogP contribution in [0.5, 0.6) is 5.75 Å². The number of para-hydroxylation sites is 1. The minimum atomic E-state index is -0.214. The minimum absolute atomic E-state index is 0.214. The second kappa shape index (κ2) is 3.34. The predicted molar refractivity (Wildman–Crippen MR) is 61.7 cm³/mol. The fraction of sp³-hybridized carbons (Fsp3) is 0.500. The molecular weight excluding hydrogens is 200 g/mol. The van der Waals surface area contributed by atoms with Crippen LogP contribution in [0.2, 0.25) is 0 Å². The first-order valence-corrected chi connectivity index (χ1v) is 6.02. The molecule has 1 aromatic carbocycles. The van der Waals surface area contributed by atoms with E-state index in [1.54, 1.807) is 0 Å². The maximum absolute atomic E-state index is 11.8. The molecule has 1 saturated carbocycles. The largest absolute Gasteiger partial charge is 0.487 e. The molecule has 84 valence electrons. The number of fused-ring (bicyclic) bond motifs is 4. The van der Waals surface area contributed by atoms with Crippen molar-refractivity contribution < 1.29 is 9.53 Å². The van der Waals surface area contributed by atoms with E-state index in [1.807, 2.05) is 18.2 Å². The van der Waals surface area contributed by atoms with Crippen molar-refractivity contribution in [1.29, 1.82) is 0 Å². The zero-order valence-electron chi connectivity index (χ0n) is 9.53. The number of ether oxygens (including phenoxy) is 1. The van der Waals surface area contributed by atoms with Crippen LogP contribution in [0.1, 0.15) is 44.1 Å². The molecule has 2 bridgehead atoms. The van der Waals surface area contributed by atoms with E-state index < -0.39 is 0 Å². The van der Waals surface area contributed by atoms with Gasteiger partial charge in [-0.25, -0.2) is 0 Å². The van der Waals surface area contributed by atoms with Gasteiger partial charge in [0.05, 0.1) is 0 Å². The van der Waals surface area contributed by atoms with Gasteiger partial charge in [-0.15, -0.1) is 0 Å². The Morgan fingerprint density at radius 1 is 1.44 bits per heavy atom. The lowest BCUT2D eigenvalue weighted by molar-refractivity contribution is -0.128. The Hall–Kier alpha value is -1.31. The highest BCUT2D eigenvalue weighted by Gasteiger charge is 2.45. The van der Waals surface area contributed by atoms with Gasteiger partial charge < -0.3 is 4.74 Å². The fourth-order valence-electron chi connectivity index (χ4n) is 3.08. The number of rotatable bonds is 1. The van der Waals surface area contributed by atoms with Gasteiger partial charge in [0, 0.05) is 12.8 Å². The van der Waals surface area contributed by atoms with Gasteiger partial charge in [0.2, 0.25) is 0 Å². The molecule has 1 aliphatic heterocycles.